The highest BCUT2D eigenvalue weighted by Crippen LogP contribution is 2.26. The second-order valence-corrected chi connectivity index (χ2v) is 6.99. The molecule has 29 heavy (non-hydrogen) atoms. The molecule has 0 amide bonds. The SMILES string of the molecule is COc1ccc2nc(CCNc3cc(-c4cccc(C)c4C)nc(N)n3)[nH]c2c1. The molecule has 2 heterocycles. The van der Waals surface area contributed by atoms with Crippen molar-refractivity contribution in [1.82, 2.24) is 19.9 Å². The van der Waals surface area contributed by atoms with E-state index < -0.39 is 0 Å². The maximum absolute atomic E-state index is 5.95. The van der Waals surface area contributed by atoms with Gasteiger partial charge in [-0.25, -0.2) is 9.97 Å². The number of fused-ring (bicyclic) bond motifs is 1. The summed E-state index contributed by atoms with van der Waals surface area (Å²) in [7, 11) is 1.66. The van der Waals surface area contributed by atoms with Crippen molar-refractivity contribution in [2.24, 2.45) is 0 Å². The quantitative estimate of drug-likeness (QED) is 0.463. The van der Waals surface area contributed by atoms with Crippen molar-refractivity contribution in [3.63, 3.8) is 0 Å². The number of benzene rings is 2. The third kappa shape index (κ3) is 3.99. The van der Waals surface area contributed by atoms with Gasteiger partial charge in [-0.3, -0.25) is 0 Å². The summed E-state index contributed by atoms with van der Waals surface area (Å²) in [5.41, 5.74) is 12.1. The van der Waals surface area contributed by atoms with Crippen molar-refractivity contribution < 1.29 is 4.74 Å². The number of aryl methyl sites for hydroxylation is 1. The lowest BCUT2D eigenvalue weighted by Gasteiger charge is -2.11. The van der Waals surface area contributed by atoms with Gasteiger partial charge in [-0.1, -0.05) is 18.2 Å². The maximum atomic E-state index is 5.95. The maximum Gasteiger partial charge on any atom is 0.222 e. The minimum Gasteiger partial charge on any atom is -0.497 e. The normalized spacial score (nSPS) is 11.0. The molecule has 4 rings (SSSR count). The smallest absolute Gasteiger partial charge is 0.222 e. The van der Waals surface area contributed by atoms with Crippen LogP contribution in [0.25, 0.3) is 22.3 Å². The first-order chi connectivity index (χ1) is 14.0. The molecule has 7 heteroatoms. The van der Waals surface area contributed by atoms with Crippen molar-refractivity contribution >= 4 is 22.8 Å². The molecule has 4 N–H and O–H groups in total. The number of methoxy groups -OCH3 is 1. The highest BCUT2D eigenvalue weighted by Gasteiger charge is 2.09. The summed E-state index contributed by atoms with van der Waals surface area (Å²) in [5.74, 6) is 2.66. The number of nitrogens with one attached hydrogen (secondary N) is 2. The Morgan fingerprint density at radius 2 is 1.93 bits per heavy atom. The van der Waals surface area contributed by atoms with E-state index in [1.165, 1.54) is 11.1 Å². The van der Waals surface area contributed by atoms with Gasteiger partial charge >= 0.3 is 0 Å². The molecule has 0 aliphatic carbocycles. The molecule has 0 saturated heterocycles. The lowest BCUT2D eigenvalue weighted by molar-refractivity contribution is 0.415. The second-order valence-electron chi connectivity index (χ2n) is 6.99. The monoisotopic (exact) mass is 388 g/mol. The predicted octanol–water partition coefficient (Wildman–Crippen LogP) is 3.88. The molecule has 0 unspecified atom stereocenters. The second kappa shape index (κ2) is 7.79. The number of nitrogens with two attached hydrogens (primary N) is 1. The van der Waals surface area contributed by atoms with Gasteiger partial charge in [-0.2, -0.15) is 4.98 Å². The minimum atomic E-state index is 0.252. The number of H-pyrrole nitrogens is 1. The first-order valence-electron chi connectivity index (χ1n) is 9.51. The van der Waals surface area contributed by atoms with E-state index >= 15 is 0 Å². The summed E-state index contributed by atoms with van der Waals surface area (Å²) in [6, 6.07) is 13.9. The zero-order chi connectivity index (χ0) is 20.4. The van der Waals surface area contributed by atoms with E-state index in [1.54, 1.807) is 7.11 Å². The number of aromatic amines is 1. The molecule has 0 saturated carbocycles. The molecule has 4 aromatic rings. The average Bonchev–Trinajstić information content (AvgIpc) is 3.11. The van der Waals surface area contributed by atoms with Gasteiger partial charge in [-0.15, -0.1) is 0 Å². The molecule has 2 aromatic carbocycles. The van der Waals surface area contributed by atoms with Crippen molar-refractivity contribution in [3.8, 4) is 17.0 Å². The lowest BCUT2D eigenvalue weighted by Crippen LogP contribution is -2.09. The number of imidazole rings is 1. The van der Waals surface area contributed by atoms with Crippen LogP contribution in [-0.2, 0) is 6.42 Å². The summed E-state index contributed by atoms with van der Waals surface area (Å²) < 4.78 is 5.26. The number of nitrogens with zero attached hydrogens (tertiary/aromatic N) is 3. The van der Waals surface area contributed by atoms with Crippen LogP contribution in [0, 0.1) is 13.8 Å². The first kappa shape index (κ1) is 18.7. The third-order valence-corrected chi connectivity index (χ3v) is 5.03. The Hall–Kier alpha value is -3.61. The van der Waals surface area contributed by atoms with Gasteiger partial charge in [0.05, 0.1) is 23.8 Å². The lowest BCUT2D eigenvalue weighted by atomic mass is 10.0. The summed E-state index contributed by atoms with van der Waals surface area (Å²) >= 11 is 0. The summed E-state index contributed by atoms with van der Waals surface area (Å²) in [6.45, 7) is 4.84. The average molecular weight is 388 g/mol. The van der Waals surface area contributed by atoms with Crippen molar-refractivity contribution in [3.05, 3.63) is 59.4 Å². The highest BCUT2D eigenvalue weighted by molar-refractivity contribution is 5.76. The third-order valence-electron chi connectivity index (χ3n) is 5.03. The Morgan fingerprint density at radius 1 is 1.07 bits per heavy atom. The fourth-order valence-corrected chi connectivity index (χ4v) is 3.32. The van der Waals surface area contributed by atoms with Gasteiger partial charge in [0.1, 0.15) is 17.4 Å². The molecular formula is C22H24N6O. The molecule has 0 aliphatic heterocycles. The van der Waals surface area contributed by atoms with E-state index in [4.69, 9.17) is 10.5 Å². The molecule has 0 fully saturated rings. The molecule has 0 spiro atoms. The molecule has 0 aliphatic rings. The van der Waals surface area contributed by atoms with Gasteiger partial charge in [0, 0.05) is 30.7 Å². The van der Waals surface area contributed by atoms with E-state index in [1.807, 2.05) is 30.3 Å². The topological polar surface area (TPSA) is 102 Å². The minimum absolute atomic E-state index is 0.252. The summed E-state index contributed by atoms with van der Waals surface area (Å²) in [4.78, 5) is 16.7. The largest absolute Gasteiger partial charge is 0.497 e. The van der Waals surface area contributed by atoms with Crippen LogP contribution >= 0.6 is 0 Å². The first-order valence-corrected chi connectivity index (χ1v) is 9.51. The van der Waals surface area contributed by atoms with Crippen molar-refractivity contribution in [2.45, 2.75) is 20.3 Å². The number of rotatable bonds is 6. The Balaban J connectivity index is 1.49. The molecular weight excluding hydrogens is 364 g/mol. The number of nitrogen functional groups attached to an aromatic ring is 1. The Bertz CT molecular complexity index is 1170. The van der Waals surface area contributed by atoms with E-state index in [9.17, 15) is 0 Å². The van der Waals surface area contributed by atoms with Crippen LogP contribution in [-0.4, -0.2) is 33.6 Å². The van der Waals surface area contributed by atoms with Crippen LogP contribution < -0.4 is 15.8 Å². The molecule has 0 radical (unpaired) electrons. The van der Waals surface area contributed by atoms with Crippen LogP contribution in [0.2, 0.25) is 0 Å². The Labute approximate surface area is 169 Å². The van der Waals surface area contributed by atoms with Crippen LogP contribution in [0.3, 0.4) is 0 Å². The van der Waals surface area contributed by atoms with Gasteiger partial charge < -0.3 is 20.8 Å². The zero-order valence-corrected chi connectivity index (χ0v) is 16.8. The molecule has 7 nitrogen and oxygen atoms in total. The number of anilines is 2. The van der Waals surface area contributed by atoms with Crippen LogP contribution in [0.5, 0.6) is 5.75 Å². The van der Waals surface area contributed by atoms with Crippen LogP contribution in [0.4, 0.5) is 11.8 Å². The standard InChI is InChI=1S/C22H24N6O/c1-13-5-4-6-16(14(13)2)18-12-21(28-22(23)27-18)24-10-9-20-25-17-8-7-15(29-3)11-19(17)26-20/h4-8,11-12H,9-10H2,1-3H3,(H,25,26)(H3,23,24,27,28). The number of ether oxygens (including phenoxy) is 1. The number of hydrogen-bond acceptors (Lipinski definition) is 6. The van der Waals surface area contributed by atoms with E-state index in [-0.39, 0.29) is 5.95 Å². The summed E-state index contributed by atoms with van der Waals surface area (Å²) in [6.07, 6.45) is 0.722. The van der Waals surface area contributed by atoms with Crippen LogP contribution in [0.1, 0.15) is 17.0 Å². The summed E-state index contributed by atoms with van der Waals surface area (Å²) in [5, 5.41) is 3.33. The Kier molecular flexibility index (Phi) is 5.03. The van der Waals surface area contributed by atoms with Gasteiger partial charge in [0.2, 0.25) is 5.95 Å². The fourth-order valence-electron chi connectivity index (χ4n) is 3.32. The molecule has 2 aromatic heterocycles. The van der Waals surface area contributed by atoms with Crippen molar-refractivity contribution in [1.29, 1.82) is 0 Å². The highest BCUT2D eigenvalue weighted by atomic mass is 16.5. The zero-order valence-electron chi connectivity index (χ0n) is 16.8. The van der Waals surface area contributed by atoms with Crippen molar-refractivity contribution in [2.75, 3.05) is 24.7 Å². The van der Waals surface area contributed by atoms with Gasteiger partial charge in [0.15, 0.2) is 0 Å². The fraction of sp³-hybridized carbons (Fsp3) is 0.227. The molecule has 148 valence electrons. The van der Waals surface area contributed by atoms with Gasteiger partial charge in [0.25, 0.3) is 0 Å². The number of hydrogen-bond donors (Lipinski definition) is 3. The van der Waals surface area contributed by atoms with Crippen LogP contribution in [0.15, 0.2) is 42.5 Å². The van der Waals surface area contributed by atoms with E-state index in [2.05, 4.69) is 51.2 Å². The Morgan fingerprint density at radius 3 is 2.76 bits per heavy atom. The van der Waals surface area contributed by atoms with E-state index in [0.29, 0.717) is 12.4 Å². The predicted molar refractivity (Wildman–Crippen MR) is 116 cm³/mol. The molecule has 0 bridgehead atoms. The molecule has 0 atom stereocenters. The number of aromatic nitrogens is 4. The van der Waals surface area contributed by atoms with E-state index in [0.717, 1.165) is 40.3 Å². The van der Waals surface area contributed by atoms with Gasteiger partial charge in [-0.05, 0) is 37.1 Å².